The number of urea groups is 1. The second-order valence-corrected chi connectivity index (χ2v) is 11.2. The van der Waals surface area contributed by atoms with Gasteiger partial charge >= 0.3 is 18.4 Å². The van der Waals surface area contributed by atoms with Gasteiger partial charge in [0.1, 0.15) is 6.33 Å². The summed E-state index contributed by atoms with van der Waals surface area (Å²) in [6.07, 6.45) is -4.82. The molecule has 2 saturated carbocycles. The van der Waals surface area contributed by atoms with Crippen LogP contribution in [0.1, 0.15) is 48.9 Å². The van der Waals surface area contributed by atoms with Crippen LogP contribution in [0.3, 0.4) is 0 Å². The van der Waals surface area contributed by atoms with Crippen molar-refractivity contribution in [2.45, 2.75) is 57.5 Å². The van der Waals surface area contributed by atoms with Crippen LogP contribution in [-0.2, 0) is 18.9 Å². The van der Waals surface area contributed by atoms with Crippen molar-refractivity contribution in [1.82, 2.24) is 34.3 Å². The second kappa shape index (κ2) is 7.37. The average molecular weight is 517 g/mol. The molecule has 2 aromatic heterocycles. The number of amides is 2. The monoisotopic (exact) mass is 517 g/mol. The summed E-state index contributed by atoms with van der Waals surface area (Å²) in [5.41, 5.74) is -0.372. The van der Waals surface area contributed by atoms with Gasteiger partial charge in [0.25, 0.3) is 5.82 Å². The highest BCUT2D eigenvalue weighted by Crippen LogP contribution is 2.56. The van der Waals surface area contributed by atoms with Crippen molar-refractivity contribution in [2.24, 2.45) is 16.7 Å². The van der Waals surface area contributed by atoms with Crippen LogP contribution in [0, 0.1) is 23.7 Å². The molecule has 0 unspecified atom stereocenters. The smallest absolute Gasteiger partial charge is 0.323 e. The molecular weight excluding hydrogens is 492 g/mol. The summed E-state index contributed by atoms with van der Waals surface area (Å²) in [6.45, 7) is 4.56. The number of alkyl halides is 6. The molecule has 0 N–H and O–H groups in total. The lowest BCUT2D eigenvalue weighted by Crippen LogP contribution is -2.71. The molecule has 2 aromatic rings. The average Bonchev–Trinajstić information content (AvgIpc) is 3.27. The van der Waals surface area contributed by atoms with Crippen LogP contribution in [0.4, 0.5) is 31.1 Å². The predicted molar refractivity (Wildman–Crippen MR) is 111 cm³/mol. The number of carbonyl (C=O) groups is 1. The molecule has 0 aromatic carbocycles. The van der Waals surface area contributed by atoms with E-state index in [4.69, 9.17) is 0 Å². The molecule has 4 fully saturated rings. The minimum Gasteiger partial charge on any atom is -0.323 e. The summed E-state index contributed by atoms with van der Waals surface area (Å²) in [5.74, 6) is -0.889. The van der Waals surface area contributed by atoms with E-state index in [-0.39, 0.29) is 28.8 Å². The Bertz CT molecular complexity index is 1170. The van der Waals surface area contributed by atoms with E-state index in [0.717, 1.165) is 25.2 Å². The number of likely N-dealkylation sites (tertiary alicyclic amines) is 2. The van der Waals surface area contributed by atoms with E-state index in [1.807, 2.05) is 4.90 Å². The number of hydrogen-bond acceptors (Lipinski definition) is 4. The predicted octanol–water partition coefficient (Wildman–Crippen LogP) is 3.99. The van der Waals surface area contributed by atoms with Crippen molar-refractivity contribution in [3.8, 4) is 0 Å². The van der Waals surface area contributed by atoms with Gasteiger partial charge in [-0.3, -0.25) is 4.68 Å². The fraction of sp³-hybridized carbons (Fsp3) is 0.727. The van der Waals surface area contributed by atoms with Crippen LogP contribution in [0.25, 0.3) is 0 Å². The van der Waals surface area contributed by atoms with Gasteiger partial charge < -0.3 is 9.80 Å². The fourth-order valence-corrected chi connectivity index (χ4v) is 6.59. The fourth-order valence-electron chi connectivity index (χ4n) is 6.59. The molecule has 4 heterocycles. The third-order valence-electron chi connectivity index (χ3n) is 8.27. The van der Waals surface area contributed by atoms with Gasteiger partial charge in [0, 0.05) is 49.2 Å². The minimum absolute atomic E-state index is 0.0176. The van der Waals surface area contributed by atoms with E-state index in [9.17, 15) is 31.1 Å². The van der Waals surface area contributed by atoms with Gasteiger partial charge in [-0.2, -0.15) is 31.4 Å². The lowest BCUT2D eigenvalue weighted by Gasteiger charge is -2.63. The number of nitrogens with zero attached hydrogens (tertiary/aromatic N) is 7. The van der Waals surface area contributed by atoms with Crippen molar-refractivity contribution in [3.63, 3.8) is 0 Å². The van der Waals surface area contributed by atoms with E-state index >= 15 is 0 Å². The molecule has 2 saturated heterocycles. The van der Waals surface area contributed by atoms with Crippen molar-refractivity contribution >= 4 is 6.03 Å². The van der Waals surface area contributed by atoms with Crippen LogP contribution in [0.5, 0.6) is 0 Å². The van der Waals surface area contributed by atoms with Crippen LogP contribution in [0.2, 0.25) is 0 Å². The summed E-state index contributed by atoms with van der Waals surface area (Å²) in [6, 6.07) is 0.917. The molecule has 8 nitrogen and oxygen atoms in total. The zero-order valence-electron chi connectivity index (χ0n) is 19.5. The molecule has 0 atom stereocenters. The Kier molecular flexibility index (Phi) is 4.83. The van der Waals surface area contributed by atoms with E-state index in [0.29, 0.717) is 51.3 Å². The van der Waals surface area contributed by atoms with E-state index in [1.54, 1.807) is 11.8 Å². The SMILES string of the molecule is Cc1cc(C(F)(F)F)nn1CC1CC2(C1)CN(C(=O)N1CC3(CC(n4cnc(C(F)(F)F)n4)C3)C1)C2. The molecule has 14 heteroatoms. The highest BCUT2D eigenvalue weighted by atomic mass is 19.4. The first kappa shape index (κ1) is 23.6. The Balaban J connectivity index is 0.936. The highest BCUT2D eigenvalue weighted by Gasteiger charge is 2.58. The molecule has 0 bridgehead atoms. The normalized spacial score (nSPS) is 23.4. The molecule has 0 radical (unpaired) electrons. The van der Waals surface area contributed by atoms with Gasteiger partial charge in [-0.15, -0.1) is 5.10 Å². The zero-order valence-corrected chi connectivity index (χ0v) is 19.5. The maximum atomic E-state index is 12.9. The van der Waals surface area contributed by atoms with Gasteiger partial charge in [0.05, 0.1) is 6.04 Å². The Morgan fingerprint density at radius 2 is 1.53 bits per heavy atom. The summed E-state index contributed by atoms with van der Waals surface area (Å²) in [4.78, 5) is 19.8. The summed E-state index contributed by atoms with van der Waals surface area (Å²) in [7, 11) is 0. The molecule has 4 aliphatic rings. The Morgan fingerprint density at radius 1 is 0.944 bits per heavy atom. The van der Waals surface area contributed by atoms with Gasteiger partial charge in [-0.1, -0.05) is 0 Å². The van der Waals surface area contributed by atoms with Gasteiger partial charge in [-0.25, -0.2) is 14.5 Å². The number of halogens is 6. The van der Waals surface area contributed by atoms with Crippen LogP contribution in [-0.4, -0.2) is 66.6 Å². The lowest BCUT2D eigenvalue weighted by atomic mass is 9.57. The number of carbonyl (C=O) groups excluding carboxylic acids is 1. The summed E-state index contributed by atoms with van der Waals surface area (Å²) < 4.78 is 79.4. The second-order valence-electron chi connectivity index (χ2n) is 11.2. The topological polar surface area (TPSA) is 72.1 Å². The quantitative estimate of drug-likeness (QED) is 0.578. The Morgan fingerprint density at radius 3 is 2.03 bits per heavy atom. The molecule has 196 valence electrons. The molecule has 36 heavy (non-hydrogen) atoms. The van der Waals surface area contributed by atoms with Gasteiger partial charge in [-0.05, 0) is 44.6 Å². The maximum absolute atomic E-state index is 12.9. The number of rotatable bonds is 3. The molecular formula is C22H25F6N7O. The molecule has 2 amide bonds. The van der Waals surface area contributed by atoms with Crippen molar-refractivity contribution < 1.29 is 31.1 Å². The maximum Gasteiger partial charge on any atom is 0.453 e. The molecule has 6 rings (SSSR count). The van der Waals surface area contributed by atoms with Crippen molar-refractivity contribution in [3.05, 3.63) is 29.6 Å². The zero-order chi connectivity index (χ0) is 25.7. The van der Waals surface area contributed by atoms with E-state index in [2.05, 4.69) is 15.2 Å². The third-order valence-corrected chi connectivity index (χ3v) is 8.27. The minimum atomic E-state index is -4.56. The first-order valence-corrected chi connectivity index (χ1v) is 11.9. The van der Waals surface area contributed by atoms with Crippen molar-refractivity contribution in [1.29, 1.82) is 0 Å². The number of hydrogen-bond donors (Lipinski definition) is 0. The third kappa shape index (κ3) is 3.83. The van der Waals surface area contributed by atoms with Crippen molar-refractivity contribution in [2.75, 3.05) is 26.2 Å². The number of aryl methyl sites for hydroxylation is 1. The van der Waals surface area contributed by atoms with Crippen LogP contribution >= 0.6 is 0 Å². The number of aromatic nitrogens is 5. The standard InChI is InChI=1S/C22H25F6N7O/c1-13-2-16(21(23,24)25)30-34(13)7-14-3-19(4-14)8-32(9-19)18(36)33-10-20(11-33)5-15(6-20)35-12-29-17(31-35)22(26,27)28/h2,12,14-15H,3-11H2,1H3. The summed E-state index contributed by atoms with van der Waals surface area (Å²) >= 11 is 0. The Hall–Kier alpha value is -2.80. The van der Waals surface area contributed by atoms with E-state index in [1.165, 1.54) is 9.36 Å². The van der Waals surface area contributed by atoms with Gasteiger partial charge in [0.15, 0.2) is 5.69 Å². The van der Waals surface area contributed by atoms with Crippen LogP contribution < -0.4 is 0 Å². The molecule has 2 spiro atoms. The van der Waals surface area contributed by atoms with E-state index < -0.39 is 23.9 Å². The molecule has 2 aliphatic heterocycles. The Labute approximate surface area is 202 Å². The van der Waals surface area contributed by atoms with Gasteiger partial charge in [0.2, 0.25) is 0 Å². The molecule has 2 aliphatic carbocycles. The first-order valence-electron chi connectivity index (χ1n) is 11.9. The lowest BCUT2D eigenvalue weighted by molar-refractivity contribution is -0.145. The highest BCUT2D eigenvalue weighted by molar-refractivity contribution is 5.77. The summed E-state index contributed by atoms with van der Waals surface area (Å²) in [5, 5.41) is 7.25. The largest absolute Gasteiger partial charge is 0.453 e. The van der Waals surface area contributed by atoms with Crippen LogP contribution in [0.15, 0.2) is 12.4 Å². The first-order chi connectivity index (χ1) is 16.7.